The van der Waals surface area contributed by atoms with Crippen LogP contribution in [-0.2, 0) is 6.54 Å². The zero-order valence-corrected chi connectivity index (χ0v) is 12.7. The molecule has 1 aromatic heterocycles. The van der Waals surface area contributed by atoms with E-state index in [-0.39, 0.29) is 12.4 Å². The second-order valence-corrected chi connectivity index (χ2v) is 5.37. The number of halogens is 1. The Morgan fingerprint density at radius 1 is 1.25 bits per heavy atom. The molecule has 1 aliphatic rings. The molecule has 3 nitrogen and oxygen atoms in total. The van der Waals surface area contributed by atoms with Crippen LogP contribution < -0.4 is 5.32 Å². The van der Waals surface area contributed by atoms with Gasteiger partial charge in [-0.25, -0.2) is 0 Å². The Labute approximate surface area is 126 Å². The number of aromatic nitrogens is 1. The Bertz CT molecular complexity index is 550. The topological polar surface area (TPSA) is 28.2 Å². The van der Waals surface area contributed by atoms with Gasteiger partial charge in [0.1, 0.15) is 0 Å². The number of piperidine rings is 1. The smallest absolute Gasteiger partial charge is 0.0702 e. The maximum atomic E-state index is 4.37. The fraction of sp³-hybridized carbons (Fsp3) is 0.438. The third kappa shape index (κ3) is 3.48. The summed E-state index contributed by atoms with van der Waals surface area (Å²) in [5.41, 5.74) is 2.48. The molecular formula is C16H22ClN3. The second-order valence-electron chi connectivity index (χ2n) is 5.37. The third-order valence-electron chi connectivity index (χ3n) is 4.07. The van der Waals surface area contributed by atoms with Crippen molar-refractivity contribution in [1.82, 2.24) is 15.2 Å². The van der Waals surface area contributed by atoms with Crippen molar-refractivity contribution in [2.24, 2.45) is 0 Å². The zero-order valence-electron chi connectivity index (χ0n) is 11.9. The molecule has 2 aromatic rings. The molecular weight excluding hydrogens is 270 g/mol. The number of nitrogens with zero attached hydrogens (tertiary/aromatic N) is 2. The summed E-state index contributed by atoms with van der Waals surface area (Å²) in [6.45, 7) is 3.44. The Hall–Kier alpha value is -1.16. The molecule has 0 radical (unpaired) electrons. The number of nitrogens with one attached hydrogen (secondary N) is 1. The van der Waals surface area contributed by atoms with E-state index < -0.39 is 0 Å². The van der Waals surface area contributed by atoms with E-state index in [0.717, 1.165) is 12.1 Å². The molecule has 0 unspecified atom stereocenters. The van der Waals surface area contributed by atoms with Crippen molar-refractivity contribution in [1.29, 1.82) is 0 Å². The van der Waals surface area contributed by atoms with Gasteiger partial charge in [-0.05, 0) is 56.7 Å². The maximum absolute atomic E-state index is 4.37. The van der Waals surface area contributed by atoms with Crippen LogP contribution in [0.4, 0.5) is 0 Å². The van der Waals surface area contributed by atoms with E-state index in [1.165, 1.54) is 36.9 Å². The predicted molar refractivity (Wildman–Crippen MR) is 86.3 cm³/mol. The van der Waals surface area contributed by atoms with Crippen LogP contribution in [0.25, 0.3) is 10.9 Å². The lowest BCUT2D eigenvalue weighted by Gasteiger charge is -2.31. The molecule has 0 spiro atoms. The summed E-state index contributed by atoms with van der Waals surface area (Å²) < 4.78 is 0. The van der Waals surface area contributed by atoms with Crippen molar-refractivity contribution >= 4 is 23.3 Å². The number of rotatable bonds is 3. The SMILES string of the molecule is CNC1CCN(Cc2ccc3ncccc3c2)CC1.Cl. The summed E-state index contributed by atoms with van der Waals surface area (Å²) in [5.74, 6) is 0. The molecule has 1 N–H and O–H groups in total. The van der Waals surface area contributed by atoms with Gasteiger partial charge in [0, 0.05) is 24.2 Å². The molecule has 1 aliphatic heterocycles. The van der Waals surface area contributed by atoms with Crippen LogP contribution in [0, 0.1) is 0 Å². The van der Waals surface area contributed by atoms with Gasteiger partial charge in [0.25, 0.3) is 0 Å². The Morgan fingerprint density at radius 2 is 2.05 bits per heavy atom. The van der Waals surface area contributed by atoms with Crippen LogP contribution in [0.3, 0.4) is 0 Å². The van der Waals surface area contributed by atoms with Crippen LogP contribution >= 0.6 is 12.4 Å². The van der Waals surface area contributed by atoms with Crippen LogP contribution in [-0.4, -0.2) is 36.1 Å². The Morgan fingerprint density at radius 3 is 2.80 bits per heavy atom. The highest BCUT2D eigenvalue weighted by Gasteiger charge is 2.17. The largest absolute Gasteiger partial charge is 0.317 e. The van der Waals surface area contributed by atoms with Crippen molar-refractivity contribution in [3.05, 3.63) is 42.1 Å². The molecule has 1 fully saturated rings. The number of hydrogen-bond donors (Lipinski definition) is 1. The average molecular weight is 292 g/mol. The van der Waals surface area contributed by atoms with Crippen molar-refractivity contribution in [2.45, 2.75) is 25.4 Å². The molecule has 1 aromatic carbocycles. The first-order valence-electron chi connectivity index (χ1n) is 7.08. The summed E-state index contributed by atoms with van der Waals surface area (Å²) in [6, 6.07) is 11.5. The summed E-state index contributed by atoms with van der Waals surface area (Å²) in [7, 11) is 2.07. The van der Waals surface area contributed by atoms with E-state index in [1.807, 2.05) is 12.3 Å². The van der Waals surface area contributed by atoms with E-state index in [4.69, 9.17) is 0 Å². The van der Waals surface area contributed by atoms with Crippen molar-refractivity contribution in [2.75, 3.05) is 20.1 Å². The lowest BCUT2D eigenvalue weighted by atomic mass is 10.0. The van der Waals surface area contributed by atoms with Gasteiger partial charge in [0.15, 0.2) is 0 Å². The van der Waals surface area contributed by atoms with Gasteiger partial charge in [-0.1, -0.05) is 12.1 Å². The van der Waals surface area contributed by atoms with Crippen molar-refractivity contribution in [3.8, 4) is 0 Å². The van der Waals surface area contributed by atoms with E-state index in [2.05, 4.69) is 46.5 Å². The van der Waals surface area contributed by atoms with Gasteiger partial charge in [-0.2, -0.15) is 0 Å². The van der Waals surface area contributed by atoms with Crippen LogP contribution in [0.15, 0.2) is 36.5 Å². The molecule has 1 saturated heterocycles. The van der Waals surface area contributed by atoms with Gasteiger partial charge >= 0.3 is 0 Å². The van der Waals surface area contributed by atoms with Gasteiger partial charge in [0.2, 0.25) is 0 Å². The second kappa shape index (κ2) is 7.02. The molecule has 3 rings (SSSR count). The monoisotopic (exact) mass is 291 g/mol. The lowest BCUT2D eigenvalue weighted by molar-refractivity contribution is 0.194. The first-order valence-corrected chi connectivity index (χ1v) is 7.08. The van der Waals surface area contributed by atoms with Gasteiger partial charge < -0.3 is 5.32 Å². The molecule has 0 saturated carbocycles. The first-order chi connectivity index (χ1) is 9.35. The van der Waals surface area contributed by atoms with E-state index in [9.17, 15) is 0 Å². The van der Waals surface area contributed by atoms with E-state index >= 15 is 0 Å². The van der Waals surface area contributed by atoms with Gasteiger partial charge in [0.05, 0.1) is 5.52 Å². The highest BCUT2D eigenvalue weighted by molar-refractivity contribution is 5.85. The van der Waals surface area contributed by atoms with E-state index in [0.29, 0.717) is 6.04 Å². The number of benzene rings is 1. The van der Waals surface area contributed by atoms with Gasteiger partial charge in [-0.15, -0.1) is 12.4 Å². The molecule has 0 aliphatic carbocycles. The fourth-order valence-electron chi connectivity index (χ4n) is 2.86. The summed E-state index contributed by atoms with van der Waals surface area (Å²) >= 11 is 0. The molecule has 4 heteroatoms. The number of likely N-dealkylation sites (tertiary alicyclic amines) is 1. The maximum Gasteiger partial charge on any atom is 0.0702 e. The lowest BCUT2D eigenvalue weighted by Crippen LogP contribution is -2.40. The first kappa shape index (κ1) is 15.2. The summed E-state index contributed by atoms with van der Waals surface area (Å²) in [6.07, 6.45) is 4.36. The number of pyridine rings is 1. The minimum atomic E-state index is 0. The van der Waals surface area contributed by atoms with E-state index in [1.54, 1.807) is 0 Å². The predicted octanol–water partition coefficient (Wildman–Crippen LogP) is 2.84. The molecule has 2 heterocycles. The quantitative estimate of drug-likeness (QED) is 0.942. The Balaban J connectivity index is 0.00000147. The third-order valence-corrected chi connectivity index (χ3v) is 4.07. The standard InChI is InChI=1S/C16H21N3.ClH/c1-17-15-6-9-19(10-7-15)12-13-4-5-16-14(11-13)3-2-8-18-16;/h2-5,8,11,15,17H,6-7,9-10,12H2,1H3;1H. The van der Waals surface area contributed by atoms with Crippen LogP contribution in [0.2, 0.25) is 0 Å². The highest BCUT2D eigenvalue weighted by Crippen LogP contribution is 2.17. The number of hydrogen-bond acceptors (Lipinski definition) is 3. The van der Waals surface area contributed by atoms with Crippen molar-refractivity contribution in [3.63, 3.8) is 0 Å². The summed E-state index contributed by atoms with van der Waals surface area (Å²) in [4.78, 5) is 6.92. The molecule has 0 bridgehead atoms. The normalized spacial score (nSPS) is 17.1. The average Bonchev–Trinajstić information content (AvgIpc) is 2.48. The van der Waals surface area contributed by atoms with Crippen LogP contribution in [0.1, 0.15) is 18.4 Å². The summed E-state index contributed by atoms with van der Waals surface area (Å²) in [5, 5.41) is 4.62. The Kier molecular flexibility index (Phi) is 5.35. The van der Waals surface area contributed by atoms with Gasteiger partial charge in [-0.3, -0.25) is 9.88 Å². The van der Waals surface area contributed by atoms with Crippen molar-refractivity contribution < 1.29 is 0 Å². The molecule has 108 valence electrons. The fourth-order valence-corrected chi connectivity index (χ4v) is 2.86. The number of fused-ring (bicyclic) bond motifs is 1. The minimum absolute atomic E-state index is 0. The van der Waals surface area contributed by atoms with Crippen LogP contribution in [0.5, 0.6) is 0 Å². The zero-order chi connectivity index (χ0) is 13.1. The minimum Gasteiger partial charge on any atom is -0.317 e. The molecule has 0 atom stereocenters. The highest BCUT2D eigenvalue weighted by atomic mass is 35.5. The molecule has 0 amide bonds. The molecule has 20 heavy (non-hydrogen) atoms.